The van der Waals surface area contributed by atoms with E-state index in [2.05, 4.69) is 16.0 Å². The number of hydrogen-bond donors (Lipinski definition) is 5. The average Bonchev–Trinajstić information content (AvgIpc) is 3.15. The molecule has 15 nitrogen and oxygen atoms in total. The third kappa shape index (κ3) is 41.4. The van der Waals surface area contributed by atoms with Gasteiger partial charge in [0.05, 0.1) is 46.2 Å². The van der Waals surface area contributed by atoms with E-state index in [-0.39, 0.29) is 86.8 Å². The normalized spacial score (nSPS) is 11.7. The van der Waals surface area contributed by atoms with Crippen LogP contribution in [0.15, 0.2) is 0 Å². The Morgan fingerprint density at radius 2 is 0.946 bits per heavy atom. The van der Waals surface area contributed by atoms with Gasteiger partial charge in [-0.05, 0) is 19.3 Å². The highest BCUT2D eigenvalue weighted by Gasteiger charge is 2.20. The minimum absolute atomic E-state index is 0.00666. The summed E-state index contributed by atoms with van der Waals surface area (Å²) in [5.74, 6) is -2.62. The summed E-state index contributed by atoms with van der Waals surface area (Å²) < 4.78 is 21.0. The number of hydrogen-bond acceptors (Lipinski definition) is 11. The van der Waals surface area contributed by atoms with Crippen LogP contribution in [0, 0.1) is 0 Å². The van der Waals surface area contributed by atoms with E-state index in [1.165, 1.54) is 70.6 Å². The van der Waals surface area contributed by atoms with Gasteiger partial charge in [0.1, 0.15) is 19.3 Å². The maximum atomic E-state index is 12.3. The highest BCUT2D eigenvalue weighted by molar-refractivity contribution is 14.1. The first-order valence-corrected chi connectivity index (χ1v) is 21.9. The van der Waals surface area contributed by atoms with Crippen molar-refractivity contribution in [3.8, 4) is 0 Å². The minimum atomic E-state index is -1.17. The van der Waals surface area contributed by atoms with Crippen molar-refractivity contribution in [1.29, 1.82) is 0 Å². The van der Waals surface area contributed by atoms with Gasteiger partial charge in [0, 0.05) is 54.9 Å². The van der Waals surface area contributed by atoms with Crippen molar-refractivity contribution in [3.05, 3.63) is 0 Å². The molecule has 0 spiro atoms. The fraction of sp³-hybridized carbons (Fsp3) is 0.850. The number of carboxylic acid groups (broad SMARTS) is 2. The van der Waals surface area contributed by atoms with Gasteiger partial charge in [-0.15, -0.1) is 0 Å². The first-order valence-electron chi connectivity index (χ1n) is 20.8. The van der Waals surface area contributed by atoms with Crippen LogP contribution in [0.5, 0.6) is 0 Å². The summed E-state index contributed by atoms with van der Waals surface area (Å²) in [7, 11) is 0. The highest BCUT2D eigenvalue weighted by Crippen LogP contribution is 2.15. The van der Waals surface area contributed by atoms with Crippen LogP contribution in [0.1, 0.15) is 141 Å². The van der Waals surface area contributed by atoms with Gasteiger partial charge < -0.3 is 45.1 Å². The van der Waals surface area contributed by atoms with Gasteiger partial charge in [0.15, 0.2) is 5.78 Å². The molecule has 5 N–H and O–H groups in total. The Hall–Kier alpha value is -2.25. The quantitative estimate of drug-likeness (QED) is 0.0289. The molecule has 1 atom stereocenters. The van der Waals surface area contributed by atoms with Crippen molar-refractivity contribution in [2.45, 2.75) is 147 Å². The molecule has 0 aromatic rings. The van der Waals surface area contributed by atoms with Gasteiger partial charge in [-0.25, -0.2) is 4.79 Å². The van der Waals surface area contributed by atoms with Gasteiger partial charge in [0.25, 0.3) is 0 Å². The summed E-state index contributed by atoms with van der Waals surface area (Å²) in [6.45, 7) is 2.67. The van der Waals surface area contributed by atoms with Crippen LogP contribution < -0.4 is 16.0 Å². The molecule has 0 heterocycles. The molecule has 56 heavy (non-hydrogen) atoms. The molecule has 0 bridgehead atoms. The molecule has 0 rings (SSSR count). The summed E-state index contributed by atoms with van der Waals surface area (Å²) in [4.78, 5) is 69.2. The number of unbranched alkanes of at least 4 members (excludes halogenated alkanes) is 17. The summed E-state index contributed by atoms with van der Waals surface area (Å²) in [5, 5.41) is 26.3. The van der Waals surface area contributed by atoms with Gasteiger partial charge in [0.2, 0.25) is 15.6 Å². The molecule has 0 aliphatic carbocycles. The van der Waals surface area contributed by atoms with Crippen molar-refractivity contribution in [3.63, 3.8) is 0 Å². The summed E-state index contributed by atoms with van der Waals surface area (Å²) >= 11 is 1.66. The van der Waals surface area contributed by atoms with Crippen LogP contribution in [-0.2, 0) is 47.7 Å². The maximum Gasteiger partial charge on any atom is 0.326 e. The molecule has 0 aliphatic heterocycles. The van der Waals surface area contributed by atoms with Crippen molar-refractivity contribution in [2.75, 3.05) is 72.5 Å². The lowest BCUT2D eigenvalue weighted by Gasteiger charge is -2.14. The molecular weight excluding hydrogens is 841 g/mol. The largest absolute Gasteiger partial charge is 0.481 e. The number of nitrogens with one attached hydrogen (secondary N) is 3. The van der Waals surface area contributed by atoms with E-state index in [1.807, 2.05) is 0 Å². The zero-order chi connectivity index (χ0) is 41.3. The summed E-state index contributed by atoms with van der Waals surface area (Å²) in [6.07, 6.45) is 21.3. The average molecular weight is 914 g/mol. The Kier molecular flexibility index (Phi) is 39.3. The smallest absolute Gasteiger partial charge is 0.326 e. The SMILES string of the molecule is O=C(O)CCCCCCCCCCCCCCCCCCCCC(=O)NC(CCC(=O)NCCOCCOCC(=O)CNCCOCCOCC(=O)I)C(=O)O. The van der Waals surface area contributed by atoms with Crippen LogP contribution in [0.25, 0.3) is 0 Å². The summed E-state index contributed by atoms with van der Waals surface area (Å²) in [5.41, 5.74) is 0. The topological polar surface area (TPSA) is 216 Å². The van der Waals surface area contributed by atoms with Crippen LogP contribution >= 0.6 is 22.6 Å². The molecule has 0 aromatic heterocycles. The van der Waals surface area contributed by atoms with Crippen molar-refractivity contribution in [2.24, 2.45) is 0 Å². The fourth-order valence-electron chi connectivity index (χ4n) is 5.74. The second-order valence-corrected chi connectivity index (χ2v) is 15.2. The van der Waals surface area contributed by atoms with Gasteiger partial charge in [-0.1, -0.05) is 103 Å². The number of ether oxygens (including phenoxy) is 4. The number of Topliss-reactive ketones (excluding diaryl/α,β-unsaturated/α-hetero) is 1. The zero-order valence-corrected chi connectivity index (χ0v) is 35.9. The van der Waals surface area contributed by atoms with Crippen molar-refractivity contribution in [1.82, 2.24) is 16.0 Å². The number of rotatable bonds is 44. The molecule has 1 unspecified atom stereocenters. The van der Waals surface area contributed by atoms with Gasteiger partial charge >= 0.3 is 11.9 Å². The van der Waals surface area contributed by atoms with Crippen LogP contribution in [0.3, 0.4) is 0 Å². The molecule has 0 aromatic carbocycles. The van der Waals surface area contributed by atoms with E-state index in [0.29, 0.717) is 39.2 Å². The first kappa shape index (κ1) is 53.8. The highest BCUT2D eigenvalue weighted by atomic mass is 127. The molecule has 0 aliphatic rings. The monoisotopic (exact) mass is 913 g/mol. The molecule has 0 saturated carbocycles. The van der Waals surface area contributed by atoms with Crippen LogP contribution in [0.4, 0.5) is 0 Å². The molecule has 326 valence electrons. The lowest BCUT2D eigenvalue weighted by molar-refractivity contribution is -0.142. The number of aliphatic carboxylic acids is 2. The van der Waals surface area contributed by atoms with Crippen LogP contribution in [-0.4, -0.2) is 122 Å². The van der Waals surface area contributed by atoms with Gasteiger partial charge in [-0.2, -0.15) is 0 Å². The van der Waals surface area contributed by atoms with E-state index in [9.17, 15) is 33.9 Å². The number of carboxylic acids is 2. The lowest BCUT2D eigenvalue weighted by Crippen LogP contribution is -2.41. The molecule has 16 heteroatoms. The second kappa shape index (κ2) is 40.9. The molecule has 0 saturated heterocycles. The number of carbonyl (C=O) groups excluding carboxylic acids is 4. The fourth-order valence-corrected chi connectivity index (χ4v) is 5.96. The van der Waals surface area contributed by atoms with E-state index in [1.54, 1.807) is 22.6 Å². The zero-order valence-electron chi connectivity index (χ0n) is 33.8. The van der Waals surface area contributed by atoms with E-state index in [4.69, 9.17) is 24.1 Å². The maximum absolute atomic E-state index is 12.3. The Labute approximate surface area is 348 Å². The van der Waals surface area contributed by atoms with Crippen molar-refractivity contribution >= 4 is 55.9 Å². The second-order valence-electron chi connectivity index (χ2n) is 14.0. The van der Waals surface area contributed by atoms with E-state index < -0.39 is 18.0 Å². The predicted octanol–water partition coefficient (Wildman–Crippen LogP) is 5.53. The third-order valence-electron chi connectivity index (χ3n) is 8.87. The van der Waals surface area contributed by atoms with Crippen LogP contribution in [0.2, 0.25) is 0 Å². The number of halogens is 1. The Balaban J connectivity index is 3.61. The van der Waals surface area contributed by atoms with Gasteiger partial charge in [-0.3, -0.25) is 24.0 Å². The number of ketones is 1. The molecule has 0 radical (unpaired) electrons. The molecule has 2 amide bonds. The standard InChI is InChI=1S/C40H72IN3O12/c41-36(46)33-56-30-28-53-25-23-42-31-34(45)32-55-29-27-54-26-24-43-37(47)22-21-35(40(51)52)44-38(48)19-17-15-13-11-9-7-5-3-1-2-4-6-8-10-12-14-16-18-20-39(49)50/h35,42H,1-33H2,(H,43,47)(H,44,48)(H,49,50)(H,51,52). The molecule has 0 fully saturated rings. The summed E-state index contributed by atoms with van der Waals surface area (Å²) in [6, 6.07) is -1.12. The lowest BCUT2D eigenvalue weighted by atomic mass is 10.0. The van der Waals surface area contributed by atoms with E-state index in [0.717, 1.165) is 38.5 Å². The van der Waals surface area contributed by atoms with E-state index >= 15 is 0 Å². The molecular formula is C40H72IN3O12. The third-order valence-corrected chi connectivity index (χ3v) is 9.19. The Morgan fingerprint density at radius 1 is 0.500 bits per heavy atom. The predicted molar refractivity (Wildman–Crippen MR) is 222 cm³/mol. The number of amides is 2. The number of carbonyl (C=O) groups is 6. The Morgan fingerprint density at radius 3 is 1.43 bits per heavy atom. The minimum Gasteiger partial charge on any atom is -0.481 e. The van der Waals surface area contributed by atoms with Crippen molar-refractivity contribution < 1.29 is 57.9 Å². The Bertz CT molecular complexity index is 1040. The first-order chi connectivity index (χ1) is 27.1.